The monoisotopic (exact) mass is 246 g/mol. The molecule has 17 heavy (non-hydrogen) atoms. The first kappa shape index (κ1) is 10.8. The first-order valence-electron chi connectivity index (χ1n) is 6.04. The van der Waals surface area contributed by atoms with Gasteiger partial charge in [-0.05, 0) is 43.0 Å². The zero-order valence-corrected chi connectivity index (χ0v) is 10.6. The summed E-state index contributed by atoms with van der Waals surface area (Å²) in [5.41, 5.74) is 2.50. The van der Waals surface area contributed by atoms with Crippen LogP contribution in [0.3, 0.4) is 0 Å². The van der Waals surface area contributed by atoms with Gasteiger partial charge in [-0.2, -0.15) is 0 Å². The lowest BCUT2D eigenvalue weighted by Crippen LogP contribution is -2.18. The van der Waals surface area contributed by atoms with Gasteiger partial charge in [0.15, 0.2) is 0 Å². The molecule has 0 bridgehead atoms. The lowest BCUT2D eigenvalue weighted by Gasteiger charge is -2.22. The summed E-state index contributed by atoms with van der Waals surface area (Å²) in [6.07, 6.45) is 4.42. The second-order valence-corrected chi connectivity index (χ2v) is 5.27. The number of hydrogen-bond donors (Lipinski definition) is 0. The summed E-state index contributed by atoms with van der Waals surface area (Å²) in [5, 5.41) is 0.771. The molecule has 2 heterocycles. The van der Waals surface area contributed by atoms with Gasteiger partial charge in [0.05, 0.1) is 0 Å². The van der Waals surface area contributed by atoms with Crippen LogP contribution in [0.2, 0.25) is 5.02 Å². The van der Waals surface area contributed by atoms with Crippen LogP contribution < -0.4 is 0 Å². The fourth-order valence-electron chi connectivity index (χ4n) is 2.44. The Morgan fingerprint density at radius 1 is 1.29 bits per heavy atom. The summed E-state index contributed by atoms with van der Waals surface area (Å²) in [7, 11) is 0. The van der Waals surface area contributed by atoms with Crippen molar-refractivity contribution in [2.24, 2.45) is 5.92 Å². The van der Waals surface area contributed by atoms with E-state index in [9.17, 15) is 0 Å². The third-order valence-corrected chi connectivity index (χ3v) is 3.68. The molecule has 0 amide bonds. The SMILES string of the molecule is CC1CCc2cnc(-c3ccc(Cl)cc3)n2C1. The minimum absolute atomic E-state index is 0.739. The second-order valence-electron chi connectivity index (χ2n) is 4.83. The van der Waals surface area contributed by atoms with Crippen molar-refractivity contribution in [1.29, 1.82) is 0 Å². The van der Waals surface area contributed by atoms with Crippen LogP contribution in [-0.4, -0.2) is 9.55 Å². The van der Waals surface area contributed by atoms with Gasteiger partial charge in [0.1, 0.15) is 5.82 Å². The molecule has 1 aliphatic rings. The fraction of sp³-hybridized carbons (Fsp3) is 0.357. The third kappa shape index (κ3) is 1.98. The van der Waals surface area contributed by atoms with E-state index >= 15 is 0 Å². The van der Waals surface area contributed by atoms with Crippen molar-refractivity contribution in [2.45, 2.75) is 26.3 Å². The van der Waals surface area contributed by atoms with Crippen LogP contribution in [0.15, 0.2) is 30.5 Å². The van der Waals surface area contributed by atoms with Gasteiger partial charge in [0, 0.05) is 29.0 Å². The van der Waals surface area contributed by atoms with Crippen molar-refractivity contribution in [1.82, 2.24) is 9.55 Å². The fourth-order valence-corrected chi connectivity index (χ4v) is 2.57. The highest BCUT2D eigenvalue weighted by Gasteiger charge is 2.19. The van der Waals surface area contributed by atoms with Gasteiger partial charge < -0.3 is 4.57 Å². The molecule has 0 aliphatic carbocycles. The molecule has 88 valence electrons. The van der Waals surface area contributed by atoms with Crippen molar-refractivity contribution in [3.63, 3.8) is 0 Å². The van der Waals surface area contributed by atoms with E-state index in [2.05, 4.69) is 16.5 Å². The number of aryl methyl sites for hydroxylation is 1. The number of imidazole rings is 1. The number of fused-ring (bicyclic) bond motifs is 1. The molecule has 2 nitrogen and oxygen atoms in total. The number of hydrogen-bond acceptors (Lipinski definition) is 1. The summed E-state index contributed by atoms with van der Waals surface area (Å²) >= 11 is 5.91. The van der Waals surface area contributed by atoms with Gasteiger partial charge in [0.2, 0.25) is 0 Å². The van der Waals surface area contributed by atoms with E-state index in [0.717, 1.165) is 35.3 Å². The van der Waals surface area contributed by atoms with Gasteiger partial charge >= 0.3 is 0 Å². The van der Waals surface area contributed by atoms with E-state index in [1.807, 2.05) is 30.5 Å². The zero-order valence-electron chi connectivity index (χ0n) is 9.86. The van der Waals surface area contributed by atoms with E-state index < -0.39 is 0 Å². The zero-order chi connectivity index (χ0) is 11.8. The highest BCUT2D eigenvalue weighted by atomic mass is 35.5. The first-order valence-corrected chi connectivity index (χ1v) is 6.42. The Morgan fingerprint density at radius 3 is 2.82 bits per heavy atom. The van der Waals surface area contributed by atoms with Crippen molar-refractivity contribution in [3.8, 4) is 11.4 Å². The first-order chi connectivity index (χ1) is 8.24. The molecule has 1 aromatic carbocycles. The maximum Gasteiger partial charge on any atom is 0.140 e. The number of rotatable bonds is 1. The standard InChI is InChI=1S/C14H15ClN2/c1-10-2-7-13-8-16-14(17(13)9-10)11-3-5-12(15)6-4-11/h3-6,8,10H,2,7,9H2,1H3. The lowest BCUT2D eigenvalue weighted by atomic mass is 10.00. The van der Waals surface area contributed by atoms with Gasteiger partial charge in [-0.1, -0.05) is 18.5 Å². The quantitative estimate of drug-likeness (QED) is 0.749. The maximum atomic E-state index is 5.91. The van der Waals surface area contributed by atoms with Crippen LogP contribution in [-0.2, 0) is 13.0 Å². The number of halogens is 1. The Morgan fingerprint density at radius 2 is 2.06 bits per heavy atom. The van der Waals surface area contributed by atoms with Crippen molar-refractivity contribution in [2.75, 3.05) is 0 Å². The summed E-state index contributed by atoms with van der Waals surface area (Å²) in [6, 6.07) is 7.92. The number of benzene rings is 1. The molecule has 0 radical (unpaired) electrons. The molecular formula is C14H15ClN2. The topological polar surface area (TPSA) is 17.8 Å². The molecule has 0 saturated heterocycles. The summed E-state index contributed by atoms with van der Waals surface area (Å²) in [5.74, 6) is 1.81. The van der Waals surface area contributed by atoms with Crippen LogP contribution in [0.25, 0.3) is 11.4 Å². The van der Waals surface area contributed by atoms with Crippen LogP contribution >= 0.6 is 11.6 Å². The van der Waals surface area contributed by atoms with E-state index in [4.69, 9.17) is 11.6 Å². The molecule has 0 N–H and O–H groups in total. The minimum atomic E-state index is 0.739. The summed E-state index contributed by atoms with van der Waals surface area (Å²) in [4.78, 5) is 4.55. The average molecular weight is 247 g/mol. The normalized spacial score (nSPS) is 19.1. The Balaban J connectivity index is 2.04. The Bertz CT molecular complexity index is 528. The van der Waals surface area contributed by atoms with E-state index in [1.165, 1.54) is 12.1 Å². The third-order valence-electron chi connectivity index (χ3n) is 3.43. The molecule has 2 aromatic rings. The molecule has 0 fully saturated rings. The Kier molecular flexibility index (Phi) is 2.67. The molecule has 0 spiro atoms. The van der Waals surface area contributed by atoms with E-state index in [0.29, 0.717) is 0 Å². The van der Waals surface area contributed by atoms with Crippen LogP contribution in [0.1, 0.15) is 19.0 Å². The number of aromatic nitrogens is 2. The van der Waals surface area contributed by atoms with Gasteiger partial charge in [-0.15, -0.1) is 0 Å². The number of nitrogens with zero attached hydrogens (tertiary/aromatic N) is 2. The van der Waals surface area contributed by atoms with Gasteiger partial charge in [-0.25, -0.2) is 4.98 Å². The highest BCUT2D eigenvalue weighted by molar-refractivity contribution is 6.30. The highest BCUT2D eigenvalue weighted by Crippen LogP contribution is 2.27. The molecule has 0 saturated carbocycles. The predicted molar refractivity (Wildman–Crippen MR) is 70.2 cm³/mol. The van der Waals surface area contributed by atoms with Gasteiger partial charge in [-0.3, -0.25) is 0 Å². The van der Waals surface area contributed by atoms with Crippen LogP contribution in [0, 0.1) is 5.92 Å². The Hall–Kier alpha value is -1.28. The molecule has 1 unspecified atom stereocenters. The molecule has 1 atom stereocenters. The Labute approximate surface area is 106 Å². The van der Waals surface area contributed by atoms with Crippen LogP contribution in [0.5, 0.6) is 0 Å². The average Bonchev–Trinajstić information content (AvgIpc) is 2.73. The molecule has 3 rings (SSSR count). The molecule has 1 aromatic heterocycles. The van der Waals surface area contributed by atoms with Crippen LogP contribution in [0.4, 0.5) is 0 Å². The maximum absolute atomic E-state index is 5.91. The molecular weight excluding hydrogens is 232 g/mol. The largest absolute Gasteiger partial charge is 0.328 e. The van der Waals surface area contributed by atoms with Crippen molar-refractivity contribution < 1.29 is 0 Å². The molecule has 3 heteroatoms. The second kappa shape index (κ2) is 4.19. The van der Waals surface area contributed by atoms with Gasteiger partial charge in [0.25, 0.3) is 0 Å². The lowest BCUT2D eigenvalue weighted by molar-refractivity contribution is 0.402. The summed E-state index contributed by atoms with van der Waals surface area (Å²) in [6.45, 7) is 3.38. The summed E-state index contributed by atoms with van der Waals surface area (Å²) < 4.78 is 2.34. The van der Waals surface area contributed by atoms with Crippen molar-refractivity contribution in [3.05, 3.63) is 41.2 Å². The predicted octanol–water partition coefficient (Wildman–Crippen LogP) is 3.79. The molecule has 1 aliphatic heterocycles. The van der Waals surface area contributed by atoms with E-state index in [1.54, 1.807) is 0 Å². The minimum Gasteiger partial charge on any atom is -0.328 e. The smallest absolute Gasteiger partial charge is 0.140 e. The van der Waals surface area contributed by atoms with Crippen molar-refractivity contribution >= 4 is 11.6 Å². The van der Waals surface area contributed by atoms with E-state index in [-0.39, 0.29) is 0 Å².